The van der Waals surface area contributed by atoms with Gasteiger partial charge in [-0.05, 0) is 55.1 Å². The number of benzene rings is 2. The van der Waals surface area contributed by atoms with E-state index in [1.54, 1.807) is 0 Å². The van der Waals surface area contributed by atoms with E-state index in [1.165, 1.54) is 16.5 Å². The van der Waals surface area contributed by atoms with E-state index in [1.807, 2.05) is 37.5 Å². The molecule has 1 unspecified atom stereocenters. The molecule has 2 heterocycles. The van der Waals surface area contributed by atoms with E-state index in [0.717, 1.165) is 21.7 Å². The lowest BCUT2D eigenvalue weighted by atomic mass is 10.0. The second kappa shape index (κ2) is 6.11. The number of amides is 1. The fraction of sp³-hybridized carbons (Fsp3) is 0.238. The summed E-state index contributed by atoms with van der Waals surface area (Å²) >= 11 is 0. The Bertz CT molecular complexity index is 1160. The summed E-state index contributed by atoms with van der Waals surface area (Å²) in [5.41, 5.74) is 9.78. The van der Waals surface area contributed by atoms with Crippen molar-refractivity contribution in [1.29, 1.82) is 0 Å². The van der Waals surface area contributed by atoms with Crippen molar-refractivity contribution < 1.29 is 4.79 Å². The molecule has 1 atom stereocenters. The molecule has 5 nitrogen and oxygen atoms in total. The highest BCUT2D eigenvalue weighted by molar-refractivity contribution is 6.15. The van der Waals surface area contributed by atoms with Crippen LogP contribution in [0.1, 0.15) is 22.8 Å². The molecule has 1 amide bonds. The lowest BCUT2D eigenvalue weighted by Gasteiger charge is -2.11. The Balaban J connectivity index is 1.98. The molecule has 5 heteroatoms. The van der Waals surface area contributed by atoms with Gasteiger partial charge in [-0.1, -0.05) is 0 Å². The Morgan fingerprint density at radius 1 is 1.23 bits per heavy atom. The molecule has 0 saturated heterocycles. The summed E-state index contributed by atoms with van der Waals surface area (Å²) in [7, 11) is 2.07. The first-order valence-corrected chi connectivity index (χ1v) is 8.77. The highest BCUT2D eigenvalue weighted by atomic mass is 16.1. The lowest BCUT2D eigenvalue weighted by Crippen LogP contribution is -2.37. The standard InChI is InChI=1S/C21H22N4O/c1-12(10-22)24-21(26)14-4-5-19-17(8-14)18-9-15-11-23-7-6-16(15)13(2)20(18)25(19)3/h4-9,11-12H,10,22H2,1-3H3,(H,24,26). The molecule has 0 fully saturated rings. The molecule has 0 aliphatic rings. The average molecular weight is 346 g/mol. The molecule has 0 bridgehead atoms. The number of nitrogens with zero attached hydrogens (tertiary/aromatic N) is 2. The van der Waals surface area contributed by atoms with Crippen LogP contribution in [0.25, 0.3) is 32.6 Å². The number of hydrogen-bond donors (Lipinski definition) is 2. The number of aromatic nitrogens is 2. The maximum Gasteiger partial charge on any atom is 0.251 e. The van der Waals surface area contributed by atoms with Crippen LogP contribution < -0.4 is 11.1 Å². The normalized spacial score (nSPS) is 12.8. The fourth-order valence-electron chi connectivity index (χ4n) is 3.73. The quantitative estimate of drug-likeness (QED) is 0.598. The van der Waals surface area contributed by atoms with Gasteiger partial charge in [-0.25, -0.2) is 0 Å². The van der Waals surface area contributed by atoms with E-state index in [2.05, 4.69) is 41.0 Å². The molecule has 0 saturated carbocycles. The summed E-state index contributed by atoms with van der Waals surface area (Å²) in [5, 5.41) is 7.45. The van der Waals surface area contributed by atoms with Crippen LogP contribution in [0.5, 0.6) is 0 Å². The summed E-state index contributed by atoms with van der Waals surface area (Å²) in [6, 6.07) is 10.0. The topological polar surface area (TPSA) is 72.9 Å². The van der Waals surface area contributed by atoms with Crippen molar-refractivity contribution >= 4 is 38.5 Å². The van der Waals surface area contributed by atoms with Gasteiger partial charge in [0.2, 0.25) is 0 Å². The van der Waals surface area contributed by atoms with Crippen molar-refractivity contribution in [1.82, 2.24) is 14.9 Å². The van der Waals surface area contributed by atoms with Crippen LogP contribution in [0.15, 0.2) is 42.7 Å². The summed E-state index contributed by atoms with van der Waals surface area (Å²) in [6.45, 7) is 4.46. The molecular formula is C21H22N4O. The number of rotatable bonds is 3. The van der Waals surface area contributed by atoms with E-state index in [-0.39, 0.29) is 11.9 Å². The van der Waals surface area contributed by atoms with Gasteiger partial charge in [0.15, 0.2) is 0 Å². The maximum atomic E-state index is 12.5. The first-order valence-electron chi connectivity index (χ1n) is 8.77. The monoisotopic (exact) mass is 346 g/mol. The number of nitrogens with two attached hydrogens (primary N) is 1. The predicted octanol–water partition coefficient (Wildman–Crippen LogP) is 3.27. The molecular weight excluding hydrogens is 324 g/mol. The van der Waals surface area contributed by atoms with Crippen LogP contribution in [-0.4, -0.2) is 28.0 Å². The summed E-state index contributed by atoms with van der Waals surface area (Å²) in [4.78, 5) is 16.7. The van der Waals surface area contributed by atoms with Gasteiger partial charge in [-0.2, -0.15) is 0 Å². The van der Waals surface area contributed by atoms with Gasteiger partial charge in [0.05, 0.1) is 5.52 Å². The second-order valence-corrected chi connectivity index (χ2v) is 6.90. The Labute approximate surface area is 151 Å². The van der Waals surface area contributed by atoms with Crippen LogP contribution >= 0.6 is 0 Å². The molecule has 132 valence electrons. The van der Waals surface area contributed by atoms with E-state index in [4.69, 9.17) is 5.73 Å². The fourth-order valence-corrected chi connectivity index (χ4v) is 3.73. The molecule has 0 aliphatic carbocycles. The van der Waals surface area contributed by atoms with Gasteiger partial charge in [-0.15, -0.1) is 0 Å². The second-order valence-electron chi connectivity index (χ2n) is 6.90. The third-order valence-electron chi connectivity index (χ3n) is 5.14. The molecule has 2 aromatic carbocycles. The number of carbonyl (C=O) groups is 1. The summed E-state index contributed by atoms with van der Waals surface area (Å²) in [5.74, 6) is -0.0963. The molecule has 0 radical (unpaired) electrons. The zero-order chi connectivity index (χ0) is 18.4. The van der Waals surface area contributed by atoms with Crippen LogP contribution in [0.2, 0.25) is 0 Å². The highest BCUT2D eigenvalue weighted by Crippen LogP contribution is 2.35. The largest absolute Gasteiger partial charge is 0.348 e. The highest BCUT2D eigenvalue weighted by Gasteiger charge is 2.16. The van der Waals surface area contributed by atoms with Crippen LogP contribution in [0.4, 0.5) is 0 Å². The minimum atomic E-state index is -0.0963. The predicted molar refractivity (Wildman–Crippen MR) is 106 cm³/mol. The third kappa shape index (κ3) is 2.44. The Kier molecular flexibility index (Phi) is 3.89. The molecule has 26 heavy (non-hydrogen) atoms. The third-order valence-corrected chi connectivity index (χ3v) is 5.14. The Hall–Kier alpha value is -2.92. The van der Waals surface area contributed by atoms with Crippen molar-refractivity contribution in [2.75, 3.05) is 6.54 Å². The number of fused-ring (bicyclic) bond motifs is 4. The van der Waals surface area contributed by atoms with Crippen LogP contribution in [-0.2, 0) is 7.05 Å². The first-order chi connectivity index (χ1) is 12.5. The number of nitrogens with one attached hydrogen (secondary N) is 1. The van der Waals surface area contributed by atoms with E-state index >= 15 is 0 Å². The first kappa shape index (κ1) is 16.5. The molecule has 0 aliphatic heterocycles. The van der Waals surface area contributed by atoms with Crippen molar-refractivity contribution in [3.63, 3.8) is 0 Å². The van der Waals surface area contributed by atoms with Gasteiger partial charge < -0.3 is 15.6 Å². The van der Waals surface area contributed by atoms with Gasteiger partial charge in [0, 0.05) is 59.3 Å². The number of pyridine rings is 1. The Morgan fingerprint density at radius 2 is 2.04 bits per heavy atom. The van der Waals surface area contributed by atoms with Gasteiger partial charge in [-0.3, -0.25) is 9.78 Å². The zero-order valence-corrected chi connectivity index (χ0v) is 15.2. The van der Waals surface area contributed by atoms with E-state index in [9.17, 15) is 4.79 Å². The lowest BCUT2D eigenvalue weighted by molar-refractivity contribution is 0.0941. The van der Waals surface area contributed by atoms with Crippen LogP contribution in [0.3, 0.4) is 0 Å². The summed E-state index contributed by atoms with van der Waals surface area (Å²) < 4.78 is 2.20. The van der Waals surface area contributed by atoms with E-state index < -0.39 is 0 Å². The molecule has 3 N–H and O–H groups in total. The number of aryl methyl sites for hydroxylation is 2. The van der Waals surface area contributed by atoms with Gasteiger partial charge in [0.1, 0.15) is 0 Å². The molecule has 4 rings (SSSR count). The zero-order valence-electron chi connectivity index (χ0n) is 15.2. The Morgan fingerprint density at radius 3 is 2.81 bits per heavy atom. The SMILES string of the molecule is Cc1c2ccncc2cc2c3cc(C(=O)NC(C)CN)ccc3n(C)c12. The number of carbonyl (C=O) groups excluding carboxylic acids is 1. The summed E-state index contributed by atoms with van der Waals surface area (Å²) in [6.07, 6.45) is 3.71. The molecule has 0 spiro atoms. The van der Waals surface area contributed by atoms with Crippen molar-refractivity contribution in [2.45, 2.75) is 19.9 Å². The smallest absolute Gasteiger partial charge is 0.251 e. The van der Waals surface area contributed by atoms with Crippen LogP contribution in [0, 0.1) is 6.92 Å². The van der Waals surface area contributed by atoms with Gasteiger partial charge >= 0.3 is 0 Å². The van der Waals surface area contributed by atoms with Crippen molar-refractivity contribution in [2.24, 2.45) is 12.8 Å². The minimum absolute atomic E-state index is 0.0528. The average Bonchev–Trinajstić information content (AvgIpc) is 2.94. The molecule has 2 aromatic heterocycles. The molecule has 4 aromatic rings. The van der Waals surface area contributed by atoms with Gasteiger partial charge in [0.25, 0.3) is 5.91 Å². The number of hydrogen-bond acceptors (Lipinski definition) is 3. The minimum Gasteiger partial charge on any atom is -0.348 e. The van der Waals surface area contributed by atoms with Crippen molar-refractivity contribution in [3.05, 3.63) is 53.9 Å². The maximum absolute atomic E-state index is 12.5. The van der Waals surface area contributed by atoms with E-state index in [0.29, 0.717) is 12.1 Å². The van der Waals surface area contributed by atoms with Crippen molar-refractivity contribution in [3.8, 4) is 0 Å².